The summed E-state index contributed by atoms with van der Waals surface area (Å²) < 4.78 is 31.7. The molecule has 3 aromatic rings. The molecule has 298 valence electrons. The van der Waals surface area contributed by atoms with E-state index in [2.05, 4.69) is 5.32 Å². The van der Waals surface area contributed by atoms with E-state index in [1.165, 1.54) is 6.07 Å². The van der Waals surface area contributed by atoms with Crippen LogP contribution in [-0.4, -0.2) is 66.0 Å². The second kappa shape index (κ2) is 15.4. The van der Waals surface area contributed by atoms with Crippen LogP contribution in [0.1, 0.15) is 126 Å². The van der Waals surface area contributed by atoms with Crippen molar-refractivity contribution < 1.29 is 49.4 Å². The summed E-state index contributed by atoms with van der Waals surface area (Å²) in [6, 6.07) is 14.5. The van der Waals surface area contributed by atoms with Gasteiger partial charge in [0.1, 0.15) is 23.0 Å². The van der Waals surface area contributed by atoms with Gasteiger partial charge < -0.3 is 34.3 Å². The first-order valence-corrected chi connectivity index (χ1v) is 19.2. The number of fused-ring (bicyclic) bond motifs is 6. The lowest BCUT2D eigenvalue weighted by Gasteiger charge is -2.38. The van der Waals surface area contributed by atoms with Crippen LogP contribution in [0.4, 0.5) is 0 Å². The van der Waals surface area contributed by atoms with E-state index in [-0.39, 0.29) is 59.4 Å². The molecule has 0 aliphatic carbocycles. The zero-order valence-corrected chi connectivity index (χ0v) is 33.0. The van der Waals surface area contributed by atoms with Crippen molar-refractivity contribution >= 4 is 29.7 Å². The van der Waals surface area contributed by atoms with Crippen molar-refractivity contribution in [1.82, 2.24) is 10.2 Å². The number of ether oxygens (including phenoxy) is 4. The first-order chi connectivity index (χ1) is 26.9. The van der Waals surface area contributed by atoms with E-state index >= 15 is 0 Å². The standard InChI is InChI=1S/C44H52N2O10/c1-41(2,3)39(51)53-28-13-16-32-34(24-28)55-35-25-29(54-40(52)42(4,5)6)14-17-33(35)44(32)31-15-12-27(23-30(31)38(50)56-44)37(49)45-20-10-8-9-11-36(48)46-21-18-43(7,26-47)19-22-46/h12-17,23-25,47H,8-11,18-22,26H2,1-7H3,(H,45,49)/i7T. The van der Waals surface area contributed by atoms with Crippen molar-refractivity contribution in [3.05, 3.63) is 82.4 Å². The van der Waals surface area contributed by atoms with Gasteiger partial charge in [-0.05, 0) is 109 Å². The van der Waals surface area contributed by atoms with Gasteiger partial charge in [-0.3, -0.25) is 19.2 Å². The molecule has 2 N–H and O–H groups in total. The van der Waals surface area contributed by atoms with Crippen LogP contribution >= 0.6 is 0 Å². The number of esters is 3. The maximum atomic E-state index is 13.8. The molecule has 1 saturated heterocycles. The Kier molecular flexibility index (Phi) is 10.7. The smallest absolute Gasteiger partial charge is 0.340 e. The summed E-state index contributed by atoms with van der Waals surface area (Å²) in [5.74, 6) is -0.869. The Balaban J connectivity index is 1.18. The molecule has 0 aromatic heterocycles. The minimum Gasteiger partial charge on any atom is -0.456 e. The monoisotopic (exact) mass is 770 g/mol. The summed E-state index contributed by atoms with van der Waals surface area (Å²) in [7, 11) is 0. The summed E-state index contributed by atoms with van der Waals surface area (Å²) >= 11 is 0. The third-order valence-corrected chi connectivity index (χ3v) is 10.5. The van der Waals surface area contributed by atoms with Crippen LogP contribution in [0, 0.1) is 16.2 Å². The molecule has 1 spiro atoms. The molecule has 0 bridgehead atoms. The van der Waals surface area contributed by atoms with Crippen LogP contribution in [0.3, 0.4) is 0 Å². The number of amides is 2. The number of carbonyl (C=O) groups excluding carboxylic acids is 5. The van der Waals surface area contributed by atoms with Crippen LogP contribution in [0.5, 0.6) is 23.0 Å². The normalized spacial score (nSPS) is 16.7. The molecule has 1 fully saturated rings. The third-order valence-electron chi connectivity index (χ3n) is 10.5. The zero-order valence-electron chi connectivity index (χ0n) is 34.0. The van der Waals surface area contributed by atoms with Gasteiger partial charge in [0.15, 0.2) is 5.60 Å². The van der Waals surface area contributed by atoms with E-state index in [0.29, 0.717) is 68.4 Å². The second-order valence-electron chi connectivity index (χ2n) is 17.1. The van der Waals surface area contributed by atoms with E-state index in [9.17, 15) is 29.1 Å². The lowest BCUT2D eigenvalue weighted by atomic mass is 9.77. The predicted octanol–water partition coefficient (Wildman–Crippen LogP) is 7.07. The number of nitrogens with zero attached hydrogens (tertiary/aromatic N) is 1. The maximum absolute atomic E-state index is 13.8. The molecule has 12 heteroatoms. The summed E-state index contributed by atoms with van der Waals surface area (Å²) in [4.78, 5) is 67.1. The predicted molar refractivity (Wildman–Crippen MR) is 207 cm³/mol. The van der Waals surface area contributed by atoms with Crippen LogP contribution in [0.2, 0.25) is 0 Å². The Labute approximate surface area is 329 Å². The lowest BCUT2D eigenvalue weighted by Crippen LogP contribution is -2.43. The SMILES string of the molecule is [3H]CC1(CO)CCN(C(=O)CCCCCNC(=O)c2ccc3c(c2)C(=O)OC32c3ccc(OC(=O)C(C)(C)C)cc3Oc3cc(OC(=O)C(C)(C)C)ccc32)CC1. The highest BCUT2D eigenvalue weighted by Crippen LogP contribution is 2.57. The first-order valence-electron chi connectivity index (χ1n) is 19.9. The van der Waals surface area contributed by atoms with E-state index in [4.69, 9.17) is 20.3 Å². The molecule has 0 saturated carbocycles. The zero-order chi connectivity index (χ0) is 41.3. The summed E-state index contributed by atoms with van der Waals surface area (Å²) in [6.45, 7) is 12.1. The molecule has 56 heavy (non-hydrogen) atoms. The van der Waals surface area contributed by atoms with Crippen LogP contribution in [-0.2, 0) is 24.7 Å². The molecule has 3 aromatic carbocycles. The van der Waals surface area contributed by atoms with Gasteiger partial charge in [-0.1, -0.05) is 19.4 Å². The summed E-state index contributed by atoms with van der Waals surface area (Å²) in [5, 5.41) is 12.6. The van der Waals surface area contributed by atoms with E-state index in [0.717, 1.165) is 6.42 Å². The van der Waals surface area contributed by atoms with Gasteiger partial charge in [0.25, 0.3) is 5.91 Å². The van der Waals surface area contributed by atoms with Crippen molar-refractivity contribution in [1.29, 1.82) is 0 Å². The number of nitrogens with one attached hydrogen (secondary N) is 1. The highest BCUT2D eigenvalue weighted by molar-refractivity contribution is 6.01. The van der Waals surface area contributed by atoms with Crippen LogP contribution < -0.4 is 19.5 Å². The fourth-order valence-corrected chi connectivity index (χ4v) is 6.91. The molecular weight excluding hydrogens is 716 g/mol. The molecule has 3 aliphatic rings. The average molecular weight is 771 g/mol. The van der Waals surface area contributed by atoms with Gasteiger partial charge in [0.2, 0.25) is 5.91 Å². The third kappa shape index (κ3) is 8.16. The Bertz CT molecular complexity index is 1990. The first kappa shape index (κ1) is 39.0. The Morgan fingerprint density at radius 2 is 1.39 bits per heavy atom. The second-order valence-corrected chi connectivity index (χ2v) is 17.1. The largest absolute Gasteiger partial charge is 0.456 e. The molecule has 12 nitrogen and oxygen atoms in total. The molecule has 6 rings (SSSR count). The van der Waals surface area contributed by atoms with Crippen molar-refractivity contribution in [2.45, 2.75) is 92.6 Å². The number of unbranched alkanes of at least 4 members (excludes halogenated alkanes) is 2. The molecule has 3 heterocycles. The van der Waals surface area contributed by atoms with E-state index in [1.807, 2.05) is 4.90 Å². The van der Waals surface area contributed by atoms with Crippen LogP contribution in [0.15, 0.2) is 54.6 Å². The van der Waals surface area contributed by atoms with Gasteiger partial charge >= 0.3 is 17.9 Å². The van der Waals surface area contributed by atoms with Gasteiger partial charge in [0.05, 0.1) is 16.4 Å². The highest BCUT2D eigenvalue weighted by Gasteiger charge is 2.54. The highest BCUT2D eigenvalue weighted by atomic mass is 16.6. The number of rotatable bonds is 10. The molecule has 3 aliphatic heterocycles. The number of benzene rings is 3. The summed E-state index contributed by atoms with van der Waals surface area (Å²) in [5.41, 5.74) is -1.55. The number of hydrogen-bond donors (Lipinski definition) is 2. The fourth-order valence-electron chi connectivity index (χ4n) is 6.91. The minimum atomic E-state index is -1.50. The lowest BCUT2D eigenvalue weighted by molar-refractivity contribution is -0.143. The van der Waals surface area contributed by atoms with Crippen molar-refractivity contribution in [2.75, 3.05) is 26.2 Å². The van der Waals surface area contributed by atoms with Crippen molar-refractivity contribution in [3.63, 3.8) is 0 Å². The van der Waals surface area contributed by atoms with Gasteiger partial charge in [0, 0.05) is 68.4 Å². The topological polar surface area (TPSA) is 158 Å². The fraction of sp³-hybridized carbons (Fsp3) is 0.477. The number of piperidine rings is 1. The number of carbonyl (C=O) groups is 5. The molecule has 0 unspecified atom stereocenters. The van der Waals surface area contributed by atoms with Crippen molar-refractivity contribution in [3.8, 4) is 23.0 Å². The molecule has 0 radical (unpaired) electrons. The van der Waals surface area contributed by atoms with Gasteiger partial charge in [-0.15, -0.1) is 0 Å². The van der Waals surface area contributed by atoms with Crippen LogP contribution in [0.25, 0.3) is 0 Å². The molecular formula is C44H52N2O10. The number of hydrogen-bond acceptors (Lipinski definition) is 10. The Hall–Kier alpha value is -5.23. The Morgan fingerprint density at radius 1 is 0.821 bits per heavy atom. The minimum absolute atomic E-state index is 0.0289. The number of aliphatic hydroxyl groups is 1. The quantitative estimate of drug-likeness (QED) is 0.124. The van der Waals surface area contributed by atoms with Gasteiger partial charge in [-0.2, -0.15) is 0 Å². The molecule has 0 atom stereocenters. The molecule has 2 amide bonds. The van der Waals surface area contributed by atoms with Gasteiger partial charge in [-0.25, -0.2) is 4.79 Å². The van der Waals surface area contributed by atoms with E-state index in [1.54, 1.807) is 90.1 Å². The number of aliphatic hydroxyl groups excluding tert-OH is 1. The number of likely N-dealkylation sites (tertiary alicyclic amines) is 1. The Morgan fingerprint density at radius 3 is 1.93 bits per heavy atom. The van der Waals surface area contributed by atoms with E-state index < -0.39 is 39.8 Å². The summed E-state index contributed by atoms with van der Waals surface area (Å²) in [6.07, 6.45) is 3.75. The average Bonchev–Trinajstić information content (AvgIpc) is 3.46. The van der Waals surface area contributed by atoms with Crippen molar-refractivity contribution in [2.24, 2.45) is 16.2 Å². The maximum Gasteiger partial charge on any atom is 0.340 e.